The Morgan fingerprint density at radius 1 is 1.56 bits per heavy atom. The summed E-state index contributed by atoms with van der Waals surface area (Å²) in [5, 5.41) is 24.5. The van der Waals surface area contributed by atoms with E-state index in [4.69, 9.17) is 21.1 Å². The van der Waals surface area contributed by atoms with Gasteiger partial charge in [-0.3, -0.25) is 4.79 Å². The zero-order valence-corrected chi connectivity index (χ0v) is 4.69. The molecule has 0 unspecified atom stereocenters. The van der Waals surface area contributed by atoms with Crippen molar-refractivity contribution in [3.63, 3.8) is 0 Å². The molecule has 0 aliphatic rings. The van der Waals surface area contributed by atoms with Gasteiger partial charge in [-0.1, -0.05) is 0 Å². The van der Waals surface area contributed by atoms with Crippen LogP contribution in [0.3, 0.4) is 0 Å². The molecular weight excluding hydrogens is 126 g/mol. The van der Waals surface area contributed by atoms with Crippen molar-refractivity contribution < 1.29 is 20.1 Å². The number of aliphatic carboxylic acids is 1. The van der Waals surface area contributed by atoms with E-state index >= 15 is 0 Å². The lowest BCUT2D eigenvalue weighted by Gasteiger charge is -2.05. The number of rotatable bonds is 3. The quantitative estimate of drug-likeness (QED) is 0.338. The summed E-state index contributed by atoms with van der Waals surface area (Å²) in [6.45, 7) is 0. The third-order valence-corrected chi connectivity index (χ3v) is 0.782. The highest BCUT2D eigenvalue weighted by Crippen LogP contribution is 1.91. The Morgan fingerprint density at radius 3 is 2.11 bits per heavy atom. The summed E-state index contributed by atoms with van der Waals surface area (Å²) in [5.41, 5.74) is 4.90. The van der Waals surface area contributed by atoms with E-state index in [0.717, 1.165) is 0 Å². The molecule has 0 aromatic carbocycles. The van der Waals surface area contributed by atoms with Crippen LogP contribution in [0.5, 0.6) is 0 Å². The van der Waals surface area contributed by atoms with Crippen molar-refractivity contribution in [3.05, 3.63) is 0 Å². The van der Waals surface area contributed by atoms with Crippen molar-refractivity contribution in [2.45, 2.75) is 18.8 Å². The van der Waals surface area contributed by atoms with E-state index in [1.54, 1.807) is 0 Å². The second-order valence-electron chi connectivity index (χ2n) is 1.66. The van der Waals surface area contributed by atoms with Crippen LogP contribution in [0, 0.1) is 0 Å². The third-order valence-electron chi connectivity index (χ3n) is 0.782. The van der Waals surface area contributed by atoms with Gasteiger partial charge in [-0.05, 0) is 0 Å². The first-order chi connectivity index (χ1) is 4.04. The van der Waals surface area contributed by atoms with Crippen LogP contribution in [-0.2, 0) is 4.79 Å². The Morgan fingerprint density at radius 2 is 2.00 bits per heavy atom. The lowest BCUT2D eigenvalue weighted by molar-refractivity contribution is -0.141. The van der Waals surface area contributed by atoms with E-state index in [1.165, 1.54) is 0 Å². The normalized spacial score (nSPS) is 13.8. The monoisotopic (exact) mass is 135 g/mol. The van der Waals surface area contributed by atoms with Crippen molar-refractivity contribution in [2.24, 2.45) is 5.73 Å². The Bertz CT molecular complexity index is 103. The molecule has 54 valence electrons. The second-order valence-corrected chi connectivity index (χ2v) is 1.66. The molecule has 0 spiro atoms. The van der Waals surface area contributed by atoms with Gasteiger partial charge >= 0.3 is 5.97 Å². The number of carbonyl (C=O) groups is 1. The number of hydrogen-bond acceptors (Lipinski definition) is 4. The van der Waals surface area contributed by atoms with Crippen LogP contribution in [-0.4, -0.2) is 33.6 Å². The maximum Gasteiger partial charge on any atom is 0.320 e. The molecule has 5 N–H and O–H groups in total. The highest BCUT2D eigenvalue weighted by molar-refractivity contribution is 5.72. The molecule has 0 aromatic rings. The molecule has 0 amide bonds. The van der Waals surface area contributed by atoms with Gasteiger partial charge in [0, 0.05) is 6.42 Å². The fourth-order valence-electron chi connectivity index (χ4n) is 0.328. The fourth-order valence-corrected chi connectivity index (χ4v) is 0.328. The van der Waals surface area contributed by atoms with Crippen LogP contribution >= 0.6 is 0 Å². The molecule has 0 aliphatic carbocycles. The molecule has 0 radical (unpaired) electrons. The molecule has 1 atom stereocenters. The van der Waals surface area contributed by atoms with Crippen molar-refractivity contribution in [1.82, 2.24) is 0 Å². The molecule has 0 aliphatic heterocycles. The molecule has 0 fully saturated rings. The van der Waals surface area contributed by atoms with Gasteiger partial charge in [0.15, 0.2) is 6.29 Å². The molecule has 0 bridgehead atoms. The van der Waals surface area contributed by atoms with Crippen LogP contribution in [0.15, 0.2) is 0 Å². The van der Waals surface area contributed by atoms with Gasteiger partial charge in [0.05, 0.1) is 0 Å². The predicted molar refractivity (Wildman–Crippen MR) is 28.5 cm³/mol. The van der Waals surface area contributed by atoms with Gasteiger partial charge < -0.3 is 21.1 Å². The molecule has 0 saturated heterocycles. The van der Waals surface area contributed by atoms with Gasteiger partial charge in [-0.15, -0.1) is 0 Å². The van der Waals surface area contributed by atoms with Gasteiger partial charge in [0.1, 0.15) is 6.04 Å². The molecule has 0 aromatic heterocycles. The van der Waals surface area contributed by atoms with Crippen molar-refractivity contribution in [2.75, 3.05) is 0 Å². The smallest absolute Gasteiger partial charge is 0.320 e. The summed E-state index contributed by atoms with van der Waals surface area (Å²) in [4.78, 5) is 9.89. The summed E-state index contributed by atoms with van der Waals surface area (Å²) in [6, 6.07) is -1.19. The minimum Gasteiger partial charge on any atom is -0.480 e. The maximum absolute atomic E-state index is 9.89. The lowest BCUT2D eigenvalue weighted by atomic mass is 10.2. The number of hydrogen-bond donors (Lipinski definition) is 4. The first kappa shape index (κ1) is 8.35. The van der Waals surface area contributed by atoms with E-state index < -0.39 is 18.3 Å². The highest BCUT2D eigenvalue weighted by atomic mass is 16.5. The van der Waals surface area contributed by atoms with Crippen molar-refractivity contribution >= 4 is 5.97 Å². The minimum absolute atomic E-state index is 0.338. The van der Waals surface area contributed by atoms with E-state index in [9.17, 15) is 4.79 Å². The average Bonchev–Trinajstić information content (AvgIpc) is 1.63. The van der Waals surface area contributed by atoms with Crippen LogP contribution in [0.25, 0.3) is 0 Å². The summed E-state index contributed by atoms with van der Waals surface area (Å²) in [5.74, 6) is -1.23. The van der Waals surface area contributed by atoms with E-state index in [2.05, 4.69) is 0 Å². The van der Waals surface area contributed by atoms with Gasteiger partial charge in [-0.25, -0.2) is 0 Å². The first-order valence-electron chi connectivity index (χ1n) is 2.38. The lowest BCUT2D eigenvalue weighted by Crippen LogP contribution is -2.33. The Balaban J connectivity index is 3.50. The second kappa shape index (κ2) is 3.39. The molecule has 5 nitrogen and oxygen atoms in total. The van der Waals surface area contributed by atoms with E-state index in [0.29, 0.717) is 0 Å². The fraction of sp³-hybridized carbons (Fsp3) is 0.750. The molecule has 5 heteroatoms. The first-order valence-corrected chi connectivity index (χ1v) is 2.38. The topological polar surface area (TPSA) is 104 Å². The Kier molecular flexibility index (Phi) is 3.15. The summed E-state index contributed by atoms with van der Waals surface area (Å²) in [7, 11) is 0. The number of carboxylic acids is 1. The molecule has 0 saturated carbocycles. The summed E-state index contributed by atoms with van der Waals surface area (Å²) < 4.78 is 0. The molecule has 0 rings (SSSR count). The van der Waals surface area contributed by atoms with Crippen LogP contribution < -0.4 is 5.73 Å². The van der Waals surface area contributed by atoms with E-state index in [-0.39, 0.29) is 6.42 Å². The predicted octanol–water partition coefficient (Wildman–Crippen LogP) is -1.90. The number of aliphatic hydroxyl groups excluding tert-OH is 1. The molecule has 0 heterocycles. The zero-order chi connectivity index (χ0) is 7.44. The number of nitrogens with two attached hydrogens (primary N) is 1. The van der Waals surface area contributed by atoms with Crippen LogP contribution in [0.2, 0.25) is 0 Å². The maximum atomic E-state index is 9.89. The molecular formula is C4H9NO4. The zero-order valence-electron chi connectivity index (χ0n) is 4.69. The van der Waals surface area contributed by atoms with Crippen molar-refractivity contribution in [1.29, 1.82) is 0 Å². The number of carboxylic acid groups (broad SMARTS) is 1. The van der Waals surface area contributed by atoms with Crippen LogP contribution in [0.4, 0.5) is 0 Å². The number of aliphatic hydroxyl groups is 2. The Labute approximate surface area is 51.7 Å². The highest BCUT2D eigenvalue weighted by Gasteiger charge is 2.14. The van der Waals surface area contributed by atoms with Crippen molar-refractivity contribution in [3.8, 4) is 0 Å². The Hall–Kier alpha value is -0.650. The minimum atomic E-state index is -1.64. The third kappa shape index (κ3) is 3.89. The SMILES string of the molecule is N[C@@H](CC(O)O)C(=O)O. The van der Waals surface area contributed by atoms with Gasteiger partial charge in [0.25, 0.3) is 0 Å². The summed E-state index contributed by atoms with van der Waals surface area (Å²) in [6.07, 6.45) is -1.98. The van der Waals surface area contributed by atoms with Gasteiger partial charge in [-0.2, -0.15) is 0 Å². The standard InChI is InChI=1S/C4H9NO4/c5-2(4(8)9)1-3(6)7/h2-3,6-7H,1,5H2,(H,8,9)/t2-/m0/s1. The largest absolute Gasteiger partial charge is 0.480 e. The van der Waals surface area contributed by atoms with Crippen LogP contribution in [0.1, 0.15) is 6.42 Å². The average molecular weight is 135 g/mol. The molecule has 9 heavy (non-hydrogen) atoms. The van der Waals surface area contributed by atoms with E-state index in [1.807, 2.05) is 0 Å². The summed E-state index contributed by atoms with van der Waals surface area (Å²) >= 11 is 0. The van der Waals surface area contributed by atoms with Gasteiger partial charge in [0.2, 0.25) is 0 Å².